The highest BCUT2D eigenvalue weighted by Gasteiger charge is 2.39. The summed E-state index contributed by atoms with van der Waals surface area (Å²) in [6, 6.07) is 3.55. The quantitative estimate of drug-likeness (QED) is 0.585. The first-order chi connectivity index (χ1) is 7.31. The zero-order valence-electron chi connectivity index (χ0n) is 7.97. The summed E-state index contributed by atoms with van der Waals surface area (Å²) < 4.78 is 15.9. The number of hydrogen-bond donors (Lipinski definition) is 2. The Labute approximate surface area is 86.9 Å². The first kappa shape index (κ1) is 9.02. The monoisotopic (exact) mass is 207 g/mol. The zero-order valence-corrected chi connectivity index (χ0v) is 7.97. The van der Waals surface area contributed by atoms with E-state index in [0.717, 1.165) is 11.0 Å². The van der Waals surface area contributed by atoms with Crippen molar-refractivity contribution in [3.05, 3.63) is 17.7 Å². The van der Waals surface area contributed by atoms with Gasteiger partial charge in [-0.1, -0.05) is 6.07 Å². The second kappa shape index (κ2) is 3.13. The van der Waals surface area contributed by atoms with E-state index >= 15 is 0 Å². The van der Waals surface area contributed by atoms with Gasteiger partial charge < -0.3 is 24.9 Å². The molecule has 3 rings (SSSR count). The average molecular weight is 207 g/mol. The van der Waals surface area contributed by atoms with Gasteiger partial charge in [-0.15, -0.1) is 0 Å². The van der Waals surface area contributed by atoms with Crippen molar-refractivity contribution in [1.82, 2.24) is 0 Å². The number of fused-ring (bicyclic) bond motifs is 3. The minimum atomic E-state index is -0.914. The fourth-order valence-corrected chi connectivity index (χ4v) is 2.03. The SMILES string of the molecule is NC[C@H]1OB(O)c2ccc3c(c21)OCO3. The van der Waals surface area contributed by atoms with Gasteiger partial charge in [0.25, 0.3) is 0 Å². The minimum Gasteiger partial charge on any atom is -0.454 e. The molecular formula is C9H10BNO4. The standard InChI is InChI=1S/C9H10BNO4/c11-3-7-8-5(10(12)15-7)1-2-6-9(8)14-4-13-6/h1-2,7,12H,3-4,11H2/t7-/m1/s1. The van der Waals surface area contributed by atoms with E-state index < -0.39 is 7.12 Å². The maximum absolute atomic E-state index is 9.64. The number of ether oxygens (including phenoxy) is 2. The molecule has 15 heavy (non-hydrogen) atoms. The van der Waals surface area contributed by atoms with Crippen LogP contribution in [-0.2, 0) is 4.65 Å². The lowest BCUT2D eigenvalue weighted by Gasteiger charge is -2.10. The van der Waals surface area contributed by atoms with Gasteiger partial charge in [0, 0.05) is 12.1 Å². The first-order valence-corrected chi connectivity index (χ1v) is 4.77. The van der Waals surface area contributed by atoms with Gasteiger partial charge in [-0.25, -0.2) is 0 Å². The first-order valence-electron chi connectivity index (χ1n) is 4.77. The maximum Gasteiger partial charge on any atom is 0.492 e. The molecule has 0 aromatic heterocycles. The highest BCUT2D eigenvalue weighted by atomic mass is 16.7. The van der Waals surface area contributed by atoms with Gasteiger partial charge >= 0.3 is 7.12 Å². The molecule has 1 aromatic carbocycles. The summed E-state index contributed by atoms with van der Waals surface area (Å²) in [5, 5.41) is 9.64. The van der Waals surface area contributed by atoms with Crippen molar-refractivity contribution in [3.8, 4) is 11.5 Å². The van der Waals surface area contributed by atoms with Crippen LogP contribution in [0.1, 0.15) is 11.7 Å². The van der Waals surface area contributed by atoms with Gasteiger partial charge in [0.05, 0.1) is 6.10 Å². The fraction of sp³-hybridized carbons (Fsp3) is 0.333. The molecule has 0 fully saturated rings. The van der Waals surface area contributed by atoms with Crippen LogP contribution in [0.4, 0.5) is 0 Å². The Morgan fingerprint density at radius 3 is 3.13 bits per heavy atom. The molecular weight excluding hydrogens is 197 g/mol. The summed E-state index contributed by atoms with van der Waals surface area (Å²) in [5.41, 5.74) is 7.11. The summed E-state index contributed by atoms with van der Waals surface area (Å²) in [7, 11) is -0.914. The average Bonchev–Trinajstić information content (AvgIpc) is 2.81. The molecule has 1 aromatic rings. The van der Waals surface area contributed by atoms with Gasteiger partial charge in [-0.3, -0.25) is 0 Å². The van der Waals surface area contributed by atoms with Crippen LogP contribution in [0.3, 0.4) is 0 Å². The van der Waals surface area contributed by atoms with Crippen LogP contribution in [0.2, 0.25) is 0 Å². The molecule has 0 bridgehead atoms. The molecule has 0 radical (unpaired) electrons. The molecule has 5 nitrogen and oxygen atoms in total. The Morgan fingerprint density at radius 2 is 2.33 bits per heavy atom. The van der Waals surface area contributed by atoms with Gasteiger partial charge in [0.15, 0.2) is 11.5 Å². The van der Waals surface area contributed by atoms with Crippen LogP contribution in [0.5, 0.6) is 11.5 Å². The molecule has 0 saturated carbocycles. The van der Waals surface area contributed by atoms with Crippen LogP contribution in [0.25, 0.3) is 0 Å². The highest BCUT2D eigenvalue weighted by molar-refractivity contribution is 6.62. The molecule has 0 saturated heterocycles. The molecule has 2 aliphatic heterocycles. The van der Waals surface area contributed by atoms with Crippen LogP contribution in [-0.4, -0.2) is 25.5 Å². The number of rotatable bonds is 1. The van der Waals surface area contributed by atoms with Gasteiger partial charge in [-0.05, 0) is 11.5 Å². The molecule has 0 aliphatic carbocycles. The predicted octanol–water partition coefficient (Wildman–Crippen LogP) is -0.867. The summed E-state index contributed by atoms with van der Waals surface area (Å²) in [6.07, 6.45) is -0.313. The second-order valence-electron chi connectivity index (χ2n) is 3.52. The molecule has 3 N–H and O–H groups in total. The van der Waals surface area contributed by atoms with Crippen molar-refractivity contribution in [1.29, 1.82) is 0 Å². The van der Waals surface area contributed by atoms with Gasteiger partial charge in [0.2, 0.25) is 6.79 Å². The summed E-state index contributed by atoms with van der Waals surface area (Å²) in [4.78, 5) is 0. The van der Waals surface area contributed by atoms with E-state index in [-0.39, 0.29) is 12.9 Å². The Hall–Kier alpha value is -1.24. The number of hydrogen-bond acceptors (Lipinski definition) is 5. The summed E-state index contributed by atoms with van der Waals surface area (Å²) in [6.45, 7) is 0.517. The Kier molecular flexibility index (Phi) is 1.88. The molecule has 6 heteroatoms. The smallest absolute Gasteiger partial charge is 0.454 e. The molecule has 2 aliphatic rings. The Morgan fingerprint density at radius 1 is 1.47 bits per heavy atom. The highest BCUT2D eigenvalue weighted by Crippen LogP contribution is 2.40. The lowest BCUT2D eigenvalue weighted by Crippen LogP contribution is -2.27. The molecule has 1 atom stereocenters. The van der Waals surface area contributed by atoms with E-state index in [1.165, 1.54) is 0 Å². The van der Waals surface area contributed by atoms with E-state index in [4.69, 9.17) is 19.9 Å². The lowest BCUT2D eigenvalue weighted by atomic mass is 9.79. The van der Waals surface area contributed by atoms with Crippen LogP contribution in [0.15, 0.2) is 12.1 Å². The van der Waals surface area contributed by atoms with Crippen LogP contribution in [0, 0.1) is 0 Å². The van der Waals surface area contributed by atoms with Gasteiger partial charge in [0.1, 0.15) is 0 Å². The number of nitrogens with two attached hydrogens (primary N) is 1. The van der Waals surface area contributed by atoms with Crippen molar-refractivity contribution >= 4 is 12.6 Å². The Bertz CT molecular complexity index is 411. The third kappa shape index (κ3) is 1.16. The maximum atomic E-state index is 9.64. The van der Waals surface area contributed by atoms with Crippen molar-refractivity contribution in [2.45, 2.75) is 6.10 Å². The van der Waals surface area contributed by atoms with E-state index in [9.17, 15) is 5.02 Å². The normalized spacial score (nSPS) is 22.0. The van der Waals surface area contributed by atoms with Crippen molar-refractivity contribution in [2.75, 3.05) is 13.3 Å². The van der Waals surface area contributed by atoms with E-state index in [2.05, 4.69) is 0 Å². The second-order valence-corrected chi connectivity index (χ2v) is 3.52. The van der Waals surface area contributed by atoms with E-state index in [1.54, 1.807) is 12.1 Å². The topological polar surface area (TPSA) is 73.9 Å². The third-order valence-corrected chi connectivity index (χ3v) is 2.71. The number of benzene rings is 1. The predicted molar refractivity (Wildman–Crippen MR) is 53.1 cm³/mol. The minimum absolute atomic E-state index is 0.208. The largest absolute Gasteiger partial charge is 0.492 e. The van der Waals surface area contributed by atoms with Gasteiger partial charge in [-0.2, -0.15) is 0 Å². The summed E-state index contributed by atoms with van der Waals surface area (Å²) >= 11 is 0. The lowest BCUT2D eigenvalue weighted by molar-refractivity contribution is 0.166. The van der Waals surface area contributed by atoms with E-state index in [1.807, 2.05) is 0 Å². The molecule has 2 heterocycles. The van der Waals surface area contributed by atoms with Crippen molar-refractivity contribution < 1.29 is 19.2 Å². The van der Waals surface area contributed by atoms with E-state index in [0.29, 0.717) is 18.0 Å². The van der Waals surface area contributed by atoms with Crippen LogP contribution < -0.4 is 20.7 Å². The molecule has 0 unspecified atom stereocenters. The Balaban J connectivity index is 2.18. The molecule has 78 valence electrons. The fourth-order valence-electron chi connectivity index (χ4n) is 2.03. The van der Waals surface area contributed by atoms with Crippen LogP contribution >= 0.6 is 0 Å². The summed E-state index contributed by atoms with van der Waals surface area (Å²) in [5.74, 6) is 1.34. The molecule has 0 spiro atoms. The molecule has 0 amide bonds. The van der Waals surface area contributed by atoms with Crippen molar-refractivity contribution in [2.24, 2.45) is 5.73 Å². The van der Waals surface area contributed by atoms with Crippen molar-refractivity contribution in [3.63, 3.8) is 0 Å². The zero-order chi connectivity index (χ0) is 10.4. The third-order valence-electron chi connectivity index (χ3n) is 2.71.